The van der Waals surface area contributed by atoms with Crippen LogP contribution in [0.1, 0.15) is 40.7 Å². The van der Waals surface area contributed by atoms with E-state index in [0.29, 0.717) is 11.1 Å². The highest BCUT2D eigenvalue weighted by Gasteiger charge is 2.35. The first-order valence-corrected chi connectivity index (χ1v) is 15.5. The fraction of sp³-hybridized carbons (Fsp3) is 0.156. The summed E-state index contributed by atoms with van der Waals surface area (Å²) in [7, 11) is -4.11. The van der Waals surface area contributed by atoms with Crippen molar-refractivity contribution >= 4 is 21.6 Å². The van der Waals surface area contributed by atoms with Crippen LogP contribution in [0.25, 0.3) is 16.8 Å². The number of carbonyl (C=O) groups excluding carboxylic acids is 1. The lowest BCUT2D eigenvalue weighted by Crippen LogP contribution is -2.27. The second-order valence-corrected chi connectivity index (χ2v) is 11.9. The molecule has 9 nitrogen and oxygen atoms in total. The Hall–Kier alpha value is -5.08. The molecule has 0 spiro atoms. The molecule has 0 unspecified atom stereocenters. The van der Waals surface area contributed by atoms with Crippen molar-refractivity contribution in [2.75, 3.05) is 5.32 Å². The zero-order valence-electron chi connectivity index (χ0n) is 24.3. The maximum Gasteiger partial charge on any atom is 0.418 e. The summed E-state index contributed by atoms with van der Waals surface area (Å²) in [6, 6.07) is 20.6. The van der Waals surface area contributed by atoms with Crippen LogP contribution in [0.15, 0.2) is 101 Å². The van der Waals surface area contributed by atoms with E-state index in [4.69, 9.17) is 5.14 Å². The van der Waals surface area contributed by atoms with Gasteiger partial charge in [0.15, 0.2) is 0 Å². The number of carbonyl (C=O) groups is 1. The predicted octanol–water partition coefficient (Wildman–Crippen LogP) is 5.76. The van der Waals surface area contributed by atoms with Crippen molar-refractivity contribution in [1.82, 2.24) is 14.3 Å². The maximum atomic E-state index is 15.5. The molecule has 238 valence electrons. The quantitative estimate of drug-likeness (QED) is 0.196. The van der Waals surface area contributed by atoms with Crippen LogP contribution < -0.4 is 16.1 Å². The van der Waals surface area contributed by atoms with E-state index in [1.54, 1.807) is 31.2 Å². The summed E-state index contributed by atoms with van der Waals surface area (Å²) in [4.78, 5) is 26.1. The Morgan fingerprint density at radius 1 is 0.957 bits per heavy atom. The molecule has 1 amide bonds. The molecular formula is C32H27F4N5O4S. The van der Waals surface area contributed by atoms with Gasteiger partial charge in [-0.05, 0) is 54.4 Å². The number of alkyl halides is 3. The van der Waals surface area contributed by atoms with E-state index in [0.717, 1.165) is 28.8 Å². The third kappa shape index (κ3) is 6.77. The van der Waals surface area contributed by atoms with Gasteiger partial charge in [0.05, 0.1) is 22.7 Å². The van der Waals surface area contributed by atoms with Gasteiger partial charge < -0.3 is 5.32 Å². The first-order chi connectivity index (χ1) is 21.8. The van der Waals surface area contributed by atoms with E-state index < -0.39 is 44.9 Å². The molecular weight excluding hydrogens is 626 g/mol. The van der Waals surface area contributed by atoms with Gasteiger partial charge in [-0.3, -0.25) is 9.36 Å². The minimum absolute atomic E-state index is 0.00301. The van der Waals surface area contributed by atoms with E-state index in [1.807, 2.05) is 0 Å². The van der Waals surface area contributed by atoms with E-state index in [2.05, 4.69) is 10.4 Å². The molecule has 0 saturated carbocycles. The number of amides is 1. The lowest BCUT2D eigenvalue weighted by molar-refractivity contribution is -0.137. The third-order valence-corrected chi connectivity index (χ3v) is 8.09. The van der Waals surface area contributed by atoms with Crippen molar-refractivity contribution in [2.45, 2.75) is 37.4 Å². The molecule has 0 radical (unpaired) electrons. The number of aryl methyl sites for hydroxylation is 1. The summed E-state index contributed by atoms with van der Waals surface area (Å²) in [5.74, 6) is -1.24. The number of nitrogens with zero attached hydrogens (tertiary/aromatic N) is 3. The number of hydrogen-bond acceptors (Lipinski definition) is 5. The van der Waals surface area contributed by atoms with Gasteiger partial charge in [-0.1, -0.05) is 55.5 Å². The van der Waals surface area contributed by atoms with Crippen LogP contribution in [0.2, 0.25) is 0 Å². The van der Waals surface area contributed by atoms with Gasteiger partial charge in [-0.25, -0.2) is 22.7 Å². The minimum Gasteiger partial charge on any atom is -0.322 e. The molecule has 0 aliphatic heterocycles. The summed E-state index contributed by atoms with van der Waals surface area (Å²) in [5, 5.41) is 12.1. The first kappa shape index (κ1) is 32.3. The minimum atomic E-state index is -4.87. The van der Waals surface area contributed by atoms with E-state index >= 15 is 4.39 Å². The average molecular weight is 654 g/mol. The number of halogens is 4. The Morgan fingerprint density at radius 2 is 1.65 bits per heavy atom. The molecule has 5 aromatic rings. The van der Waals surface area contributed by atoms with Gasteiger partial charge >= 0.3 is 11.9 Å². The number of primary sulfonamides is 1. The highest BCUT2D eigenvalue weighted by molar-refractivity contribution is 7.89. The summed E-state index contributed by atoms with van der Waals surface area (Å²) in [6.45, 7) is 1.41. The predicted molar refractivity (Wildman–Crippen MR) is 164 cm³/mol. The highest BCUT2D eigenvalue weighted by Crippen LogP contribution is 2.35. The van der Waals surface area contributed by atoms with Crippen molar-refractivity contribution in [3.05, 3.63) is 130 Å². The first-order valence-electron chi connectivity index (χ1n) is 13.9. The molecule has 0 aliphatic carbocycles. The molecule has 5 rings (SSSR count). The second-order valence-electron chi connectivity index (χ2n) is 10.3. The summed E-state index contributed by atoms with van der Waals surface area (Å²) >= 11 is 0. The molecule has 0 saturated heterocycles. The zero-order valence-corrected chi connectivity index (χ0v) is 25.1. The molecule has 0 atom stereocenters. The number of hydrogen-bond donors (Lipinski definition) is 2. The number of sulfonamides is 1. The van der Waals surface area contributed by atoms with Crippen molar-refractivity contribution < 1.29 is 30.8 Å². The number of nitrogens with two attached hydrogens (primary N) is 1. The summed E-state index contributed by atoms with van der Waals surface area (Å²) in [5.41, 5.74) is -2.07. The normalized spacial score (nSPS) is 11.9. The van der Waals surface area contributed by atoms with E-state index in [-0.39, 0.29) is 51.6 Å². The Bertz CT molecular complexity index is 2090. The molecule has 14 heteroatoms. The van der Waals surface area contributed by atoms with Crippen LogP contribution in [-0.4, -0.2) is 28.7 Å². The second kappa shape index (κ2) is 12.7. The van der Waals surface area contributed by atoms with Crippen molar-refractivity contribution in [3.8, 4) is 16.8 Å². The summed E-state index contributed by atoms with van der Waals surface area (Å²) in [6.07, 6.45) is -4.21. The Balaban J connectivity index is 1.55. The van der Waals surface area contributed by atoms with Crippen LogP contribution in [-0.2, 0) is 29.2 Å². The Labute approximate surface area is 261 Å². The topological polar surface area (TPSA) is 129 Å². The van der Waals surface area contributed by atoms with Crippen molar-refractivity contribution in [2.24, 2.45) is 5.14 Å². The standard InChI is InChI=1S/C32H27F4N5O4S/c1-2-8-29-39-41(27-18-23(15-16-25(27)32(34,35)36)38-30(42)20-9-4-3-5-10-20)31(43)40(29)19-22-14-13-21(17-26(22)33)24-11-6-7-12-28(24)46(37,44)45/h3-7,9-18H,2,8,19H2,1H3,(H,38,42)(H2,37,44,45). The smallest absolute Gasteiger partial charge is 0.322 e. The van der Waals surface area contributed by atoms with Crippen LogP contribution in [0, 0.1) is 5.82 Å². The number of benzene rings is 4. The van der Waals surface area contributed by atoms with Gasteiger partial charge in [0.25, 0.3) is 5.91 Å². The molecule has 3 N–H and O–H groups in total. The number of anilines is 1. The molecule has 1 heterocycles. The van der Waals surface area contributed by atoms with Gasteiger partial charge in [0.2, 0.25) is 10.0 Å². The lowest BCUT2D eigenvalue weighted by Gasteiger charge is -2.14. The van der Waals surface area contributed by atoms with Crippen LogP contribution >= 0.6 is 0 Å². The number of nitrogens with one attached hydrogen (secondary N) is 1. The number of rotatable bonds is 9. The number of aromatic nitrogens is 3. The van der Waals surface area contributed by atoms with Crippen molar-refractivity contribution in [3.63, 3.8) is 0 Å². The van der Waals surface area contributed by atoms with Crippen LogP contribution in [0.3, 0.4) is 0 Å². The molecule has 46 heavy (non-hydrogen) atoms. The maximum absolute atomic E-state index is 15.5. The van der Waals surface area contributed by atoms with Gasteiger partial charge in [0.1, 0.15) is 11.6 Å². The molecule has 1 aromatic heterocycles. The van der Waals surface area contributed by atoms with Gasteiger partial charge in [-0.15, -0.1) is 5.10 Å². The largest absolute Gasteiger partial charge is 0.418 e. The van der Waals surface area contributed by atoms with E-state index in [9.17, 15) is 31.2 Å². The molecule has 4 aromatic carbocycles. The molecule has 0 bridgehead atoms. The summed E-state index contributed by atoms with van der Waals surface area (Å²) < 4.78 is 83.6. The Kier molecular flexibility index (Phi) is 8.94. The SMILES string of the molecule is CCCc1nn(-c2cc(NC(=O)c3ccccc3)ccc2C(F)(F)F)c(=O)n1Cc1ccc(-c2ccccc2S(N)(=O)=O)cc1F. The molecule has 0 fully saturated rings. The van der Waals surface area contributed by atoms with Crippen molar-refractivity contribution in [1.29, 1.82) is 0 Å². The van der Waals surface area contributed by atoms with E-state index in [1.165, 1.54) is 42.5 Å². The Morgan fingerprint density at radius 3 is 2.30 bits per heavy atom. The van der Waals surface area contributed by atoms with Gasteiger partial charge in [-0.2, -0.15) is 17.9 Å². The van der Waals surface area contributed by atoms with Gasteiger partial charge in [0, 0.05) is 28.8 Å². The average Bonchev–Trinajstić information content (AvgIpc) is 3.31. The lowest BCUT2D eigenvalue weighted by atomic mass is 10.0. The van der Waals surface area contributed by atoms with Crippen LogP contribution in [0.4, 0.5) is 23.2 Å². The zero-order chi connectivity index (χ0) is 33.2. The fourth-order valence-electron chi connectivity index (χ4n) is 4.95. The highest BCUT2D eigenvalue weighted by atomic mass is 32.2. The molecule has 0 aliphatic rings. The van der Waals surface area contributed by atoms with Crippen LogP contribution in [0.5, 0.6) is 0 Å². The third-order valence-electron chi connectivity index (χ3n) is 7.12. The monoisotopic (exact) mass is 653 g/mol. The fourth-order valence-corrected chi connectivity index (χ4v) is 5.71.